The van der Waals surface area contributed by atoms with Gasteiger partial charge in [0.05, 0.1) is 18.2 Å². The highest BCUT2D eigenvalue weighted by molar-refractivity contribution is 5.07. The molecular formula is C12H22N2O. The molecule has 86 valence electrons. The van der Waals surface area contributed by atoms with E-state index < -0.39 is 0 Å². The first-order chi connectivity index (χ1) is 7.07. The number of ether oxygens (including phenoxy) is 1. The van der Waals surface area contributed by atoms with Crippen LogP contribution in [-0.2, 0) is 4.74 Å². The third-order valence-corrected chi connectivity index (χ3v) is 2.80. The first-order valence-electron chi connectivity index (χ1n) is 5.64. The van der Waals surface area contributed by atoms with Crippen LogP contribution >= 0.6 is 0 Å². The molecule has 3 heteroatoms. The summed E-state index contributed by atoms with van der Waals surface area (Å²) >= 11 is 0. The first-order valence-corrected chi connectivity index (χ1v) is 5.64. The summed E-state index contributed by atoms with van der Waals surface area (Å²) in [4.78, 5) is 2.40. The van der Waals surface area contributed by atoms with Gasteiger partial charge in [-0.3, -0.25) is 10.2 Å². The SMILES string of the molecule is C#CC(C)(C)NCC1CN(CC)CCO1. The van der Waals surface area contributed by atoms with Gasteiger partial charge in [-0.1, -0.05) is 12.8 Å². The Labute approximate surface area is 93.2 Å². The van der Waals surface area contributed by atoms with Crippen LogP contribution in [0.2, 0.25) is 0 Å². The van der Waals surface area contributed by atoms with Gasteiger partial charge in [-0.25, -0.2) is 0 Å². The van der Waals surface area contributed by atoms with Crippen LogP contribution < -0.4 is 5.32 Å². The average molecular weight is 210 g/mol. The Hall–Kier alpha value is -0.560. The van der Waals surface area contributed by atoms with Crippen molar-refractivity contribution in [2.45, 2.75) is 32.4 Å². The van der Waals surface area contributed by atoms with E-state index in [4.69, 9.17) is 11.2 Å². The monoisotopic (exact) mass is 210 g/mol. The molecule has 0 aromatic heterocycles. The Bertz CT molecular complexity index is 232. The van der Waals surface area contributed by atoms with Crippen molar-refractivity contribution in [3.63, 3.8) is 0 Å². The van der Waals surface area contributed by atoms with Gasteiger partial charge in [0.2, 0.25) is 0 Å². The highest BCUT2D eigenvalue weighted by Crippen LogP contribution is 2.06. The van der Waals surface area contributed by atoms with Gasteiger partial charge >= 0.3 is 0 Å². The van der Waals surface area contributed by atoms with Crippen LogP contribution in [0.5, 0.6) is 0 Å². The summed E-state index contributed by atoms with van der Waals surface area (Å²) in [6.45, 7) is 11.0. The topological polar surface area (TPSA) is 24.5 Å². The first kappa shape index (κ1) is 12.5. The fourth-order valence-corrected chi connectivity index (χ4v) is 1.61. The van der Waals surface area contributed by atoms with Crippen LogP contribution in [0.3, 0.4) is 0 Å². The Morgan fingerprint density at radius 2 is 2.33 bits per heavy atom. The van der Waals surface area contributed by atoms with Crippen LogP contribution in [0, 0.1) is 12.3 Å². The van der Waals surface area contributed by atoms with Crippen LogP contribution in [0.1, 0.15) is 20.8 Å². The lowest BCUT2D eigenvalue weighted by Gasteiger charge is -2.33. The zero-order valence-corrected chi connectivity index (χ0v) is 10.0. The van der Waals surface area contributed by atoms with Crippen molar-refractivity contribution in [2.24, 2.45) is 0 Å². The van der Waals surface area contributed by atoms with E-state index in [1.807, 2.05) is 13.8 Å². The summed E-state index contributed by atoms with van der Waals surface area (Å²) in [7, 11) is 0. The molecular weight excluding hydrogens is 188 g/mol. The van der Waals surface area contributed by atoms with Gasteiger partial charge in [0.1, 0.15) is 0 Å². The van der Waals surface area contributed by atoms with E-state index in [2.05, 4.69) is 23.1 Å². The average Bonchev–Trinajstić information content (AvgIpc) is 2.27. The van der Waals surface area contributed by atoms with Crippen LogP contribution in [0.4, 0.5) is 0 Å². The molecule has 0 amide bonds. The summed E-state index contributed by atoms with van der Waals surface area (Å²) in [5.74, 6) is 2.73. The van der Waals surface area contributed by atoms with Crippen molar-refractivity contribution in [1.29, 1.82) is 0 Å². The number of hydrogen-bond acceptors (Lipinski definition) is 3. The van der Waals surface area contributed by atoms with Gasteiger partial charge < -0.3 is 4.74 Å². The second kappa shape index (κ2) is 5.50. The molecule has 1 N–H and O–H groups in total. The lowest BCUT2D eigenvalue weighted by Crippen LogP contribution is -2.50. The number of rotatable bonds is 4. The number of terminal acetylenes is 1. The molecule has 0 spiro atoms. The normalized spacial score (nSPS) is 23.7. The second-order valence-electron chi connectivity index (χ2n) is 4.54. The minimum absolute atomic E-state index is 0.238. The molecule has 0 aromatic rings. The number of likely N-dealkylation sites (N-methyl/N-ethyl adjacent to an activating group) is 1. The van der Waals surface area contributed by atoms with E-state index >= 15 is 0 Å². The summed E-state index contributed by atoms with van der Waals surface area (Å²) in [6.07, 6.45) is 5.68. The smallest absolute Gasteiger partial charge is 0.0827 e. The van der Waals surface area contributed by atoms with Crippen molar-refractivity contribution in [3.05, 3.63) is 0 Å². The van der Waals surface area contributed by atoms with E-state index in [1.54, 1.807) is 0 Å². The van der Waals surface area contributed by atoms with E-state index in [-0.39, 0.29) is 11.6 Å². The number of morpholine rings is 1. The molecule has 15 heavy (non-hydrogen) atoms. The van der Waals surface area contributed by atoms with Crippen molar-refractivity contribution in [2.75, 3.05) is 32.8 Å². The highest BCUT2D eigenvalue weighted by atomic mass is 16.5. The van der Waals surface area contributed by atoms with Gasteiger partial charge in [0, 0.05) is 19.6 Å². The Balaban J connectivity index is 2.30. The Morgan fingerprint density at radius 3 is 2.93 bits per heavy atom. The molecule has 0 aliphatic carbocycles. The zero-order valence-electron chi connectivity index (χ0n) is 10.0. The van der Waals surface area contributed by atoms with Crippen molar-refractivity contribution >= 4 is 0 Å². The second-order valence-corrected chi connectivity index (χ2v) is 4.54. The maximum atomic E-state index is 5.68. The minimum atomic E-state index is -0.238. The summed E-state index contributed by atoms with van der Waals surface area (Å²) < 4.78 is 5.68. The summed E-state index contributed by atoms with van der Waals surface area (Å²) in [5.41, 5.74) is -0.238. The molecule has 1 fully saturated rings. The minimum Gasteiger partial charge on any atom is -0.374 e. The fourth-order valence-electron chi connectivity index (χ4n) is 1.61. The quantitative estimate of drug-likeness (QED) is 0.692. The van der Waals surface area contributed by atoms with E-state index in [9.17, 15) is 0 Å². The number of hydrogen-bond donors (Lipinski definition) is 1. The Morgan fingerprint density at radius 1 is 1.60 bits per heavy atom. The van der Waals surface area contributed by atoms with E-state index in [0.717, 1.165) is 32.8 Å². The largest absolute Gasteiger partial charge is 0.374 e. The molecule has 1 aliphatic heterocycles. The summed E-state index contributed by atoms with van der Waals surface area (Å²) in [6, 6.07) is 0. The van der Waals surface area contributed by atoms with E-state index in [0.29, 0.717) is 0 Å². The third kappa shape index (κ3) is 4.21. The number of nitrogens with one attached hydrogen (secondary N) is 1. The molecule has 1 unspecified atom stereocenters. The van der Waals surface area contributed by atoms with Gasteiger partial charge in [-0.05, 0) is 20.4 Å². The molecule has 0 radical (unpaired) electrons. The molecule has 1 saturated heterocycles. The lowest BCUT2D eigenvalue weighted by molar-refractivity contribution is -0.0269. The molecule has 1 heterocycles. The maximum Gasteiger partial charge on any atom is 0.0827 e. The lowest BCUT2D eigenvalue weighted by atomic mass is 10.1. The highest BCUT2D eigenvalue weighted by Gasteiger charge is 2.21. The van der Waals surface area contributed by atoms with Gasteiger partial charge in [-0.2, -0.15) is 0 Å². The molecule has 1 atom stereocenters. The maximum absolute atomic E-state index is 5.68. The molecule has 3 nitrogen and oxygen atoms in total. The molecule has 1 rings (SSSR count). The fraction of sp³-hybridized carbons (Fsp3) is 0.833. The zero-order chi connectivity index (χ0) is 11.3. The number of nitrogens with zero attached hydrogens (tertiary/aromatic N) is 1. The van der Waals surface area contributed by atoms with Gasteiger partial charge in [-0.15, -0.1) is 6.42 Å². The van der Waals surface area contributed by atoms with Crippen molar-refractivity contribution in [3.8, 4) is 12.3 Å². The van der Waals surface area contributed by atoms with Crippen LogP contribution in [0.15, 0.2) is 0 Å². The molecule has 0 saturated carbocycles. The van der Waals surface area contributed by atoms with Crippen molar-refractivity contribution < 1.29 is 4.74 Å². The van der Waals surface area contributed by atoms with Crippen LogP contribution in [-0.4, -0.2) is 49.3 Å². The summed E-state index contributed by atoms with van der Waals surface area (Å²) in [5, 5.41) is 3.34. The van der Waals surface area contributed by atoms with E-state index in [1.165, 1.54) is 0 Å². The van der Waals surface area contributed by atoms with Gasteiger partial charge in [0.15, 0.2) is 0 Å². The molecule has 0 bridgehead atoms. The third-order valence-electron chi connectivity index (χ3n) is 2.80. The molecule has 1 aliphatic rings. The predicted octanol–water partition coefficient (Wildman–Crippen LogP) is 0.708. The van der Waals surface area contributed by atoms with Crippen molar-refractivity contribution in [1.82, 2.24) is 10.2 Å². The van der Waals surface area contributed by atoms with Gasteiger partial charge in [0.25, 0.3) is 0 Å². The Kier molecular flexibility index (Phi) is 4.59. The molecule has 0 aromatic carbocycles. The predicted molar refractivity (Wildman–Crippen MR) is 62.8 cm³/mol. The van der Waals surface area contributed by atoms with Crippen LogP contribution in [0.25, 0.3) is 0 Å². The standard InChI is InChI=1S/C12H22N2O/c1-5-12(3,4)13-9-11-10-14(6-2)7-8-15-11/h1,11,13H,6-10H2,2-4H3.